The van der Waals surface area contributed by atoms with Crippen LogP contribution in [0.15, 0.2) is 24.3 Å². The number of carbonyl (C=O) groups excluding carboxylic acids is 2. The van der Waals surface area contributed by atoms with Crippen LogP contribution < -0.4 is 10.8 Å². The molecule has 0 bridgehead atoms. The molecular weight excluding hydrogens is 276 g/mol. The molecule has 0 aliphatic carbocycles. The van der Waals surface area contributed by atoms with E-state index in [9.17, 15) is 14.7 Å². The van der Waals surface area contributed by atoms with Crippen LogP contribution in [0.1, 0.15) is 26.3 Å². The van der Waals surface area contributed by atoms with Gasteiger partial charge in [-0.25, -0.2) is 10.3 Å². The van der Waals surface area contributed by atoms with E-state index in [0.717, 1.165) is 0 Å². The smallest absolute Gasteiger partial charge is 0.408 e. The van der Waals surface area contributed by atoms with E-state index in [-0.39, 0.29) is 12.2 Å². The fourth-order valence-electron chi connectivity index (χ4n) is 1.60. The Morgan fingerprint density at radius 3 is 2.29 bits per heavy atom. The van der Waals surface area contributed by atoms with Gasteiger partial charge in [0.2, 0.25) is 0 Å². The van der Waals surface area contributed by atoms with Crippen LogP contribution in [0.5, 0.6) is 5.75 Å². The molecule has 1 atom stereocenters. The van der Waals surface area contributed by atoms with E-state index in [1.807, 2.05) is 0 Å². The van der Waals surface area contributed by atoms with Gasteiger partial charge in [-0.15, -0.1) is 0 Å². The molecule has 116 valence electrons. The van der Waals surface area contributed by atoms with Crippen molar-refractivity contribution in [2.45, 2.75) is 38.8 Å². The molecule has 2 amide bonds. The summed E-state index contributed by atoms with van der Waals surface area (Å²) < 4.78 is 5.07. The summed E-state index contributed by atoms with van der Waals surface area (Å²) in [5.41, 5.74) is 1.52. The van der Waals surface area contributed by atoms with Crippen molar-refractivity contribution >= 4 is 12.0 Å². The summed E-state index contributed by atoms with van der Waals surface area (Å²) in [6.45, 7) is 5.11. The molecule has 0 aliphatic rings. The van der Waals surface area contributed by atoms with Crippen LogP contribution in [0.25, 0.3) is 0 Å². The topological polar surface area (TPSA) is 108 Å². The third kappa shape index (κ3) is 6.13. The first kappa shape index (κ1) is 16.8. The number of amides is 2. The molecule has 0 unspecified atom stereocenters. The van der Waals surface area contributed by atoms with Crippen molar-refractivity contribution < 1.29 is 24.6 Å². The summed E-state index contributed by atoms with van der Waals surface area (Å²) in [7, 11) is 0. The van der Waals surface area contributed by atoms with Crippen molar-refractivity contribution in [1.29, 1.82) is 0 Å². The van der Waals surface area contributed by atoms with Gasteiger partial charge >= 0.3 is 6.09 Å². The van der Waals surface area contributed by atoms with Crippen LogP contribution in [-0.2, 0) is 16.0 Å². The monoisotopic (exact) mass is 296 g/mol. The zero-order valence-electron chi connectivity index (χ0n) is 12.2. The first-order valence-corrected chi connectivity index (χ1v) is 6.42. The number of rotatable bonds is 4. The van der Waals surface area contributed by atoms with Gasteiger partial charge in [0.25, 0.3) is 5.91 Å². The van der Waals surface area contributed by atoms with Crippen molar-refractivity contribution in [2.75, 3.05) is 0 Å². The fraction of sp³-hybridized carbons (Fsp3) is 0.429. The number of phenolic OH excluding ortho intramolecular Hbond substituents is 1. The predicted molar refractivity (Wildman–Crippen MR) is 74.9 cm³/mol. The largest absolute Gasteiger partial charge is 0.508 e. The number of carbonyl (C=O) groups is 2. The van der Waals surface area contributed by atoms with Crippen molar-refractivity contribution in [3.63, 3.8) is 0 Å². The third-order valence-electron chi connectivity index (χ3n) is 2.49. The van der Waals surface area contributed by atoms with Crippen LogP contribution in [0.4, 0.5) is 4.79 Å². The molecule has 1 aromatic carbocycles. The highest BCUT2D eigenvalue weighted by Crippen LogP contribution is 2.12. The number of aromatic hydroxyl groups is 1. The summed E-state index contributed by atoms with van der Waals surface area (Å²) in [5, 5.41) is 20.3. The maximum Gasteiger partial charge on any atom is 0.408 e. The van der Waals surface area contributed by atoms with E-state index in [0.29, 0.717) is 5.56 Å². The third-order valence-corrected chi connectivity index (χ3v) is 2.49. The number of hydrogen-bond donors (Lipinski definition) is 4. The number of benzene rings is 1. The minimum absolute atomic E-state index is 0.0991. The Kier molecular flexibility index (Phi) is 5.54. The molecule has 4 N–H and O–H groups in total. The zero-order chi connectivity index (χ0) is 16.0. The molecule has 7 heteroatoms. The Morgan fingerprint density at radius 1 is 1.24 bits per heavy atom. The van der Waals surface area contributed by atoms with Crippen molar-refractivity contribution in [1.82, 2.24) is 10.8 Å². The second-order valence-corrected chi connectivity index (χ2v) is 5.55. The van der Waals surface area contributed by atoms with E-state index in [2.05, 4.69) is 5.32 Å². The lowest BCUT2D eigenvalue weighted by molar-refractivity contribution is -0.131. The lowest BCUT2D eigenvalue weighted by Gasteiger charge is -2.22. The molecule has 0 radical (unpaired) electrons. The standard InChI is InChI=1S/C14H20N2O5/c1-14(2,3)21-13(19)15-11(12(18)16-20)8-9-4-6-10(17)7-5-9/h4-7,11,17,20H,8H2,1-3H3,(H,15,19)(H,16,18)/t11-/m0/s1. The molecule has 0 spiro atoms. The number of phenols is 1. The first-order chi connectivity index (χ1) is 9.71. The quantitative estimate of drug-likeness (QED) is 0.495. The van der Waals surface area contributed by atoms with Gasteiger partial charge in [-0.05, 0) is 38.5 Å². The van der Waals surface area contributed by atoms with Crippen molar-refractivity contribution in [3.8, 4) is 5.75 Å². The Hall–Kier alpha value is -2.28. The van der Waals surface area contributed by atoms with Gasteiger partial charge in [-0.3, -0.25) is 10.0 Å². The van der Waals surface area contributed by atoms with Gasteiger partial charge in [-0.1, -0.05) is 12.1 Å². The van der Waals surface area contributed by atoms with Crippen LogP contribution in [-0.4, -0.2) is 34.0 Å². The molecular formula is C14H20N2O5. The number of hydrogen-bond acceptors (Lipinski definition) is 5. The molecule has 21 heavy (non-hydrogen) atoms. The second-order valence-electron chi connectivity index (χ2n) is 5.55. The highest BCUT2D eigenvalue weighted by Gasteiger charge is 2.24. The Bertz CT molecular complexity index is 493. The van der Waals surface area contributed by atoms with Gasteiger partial charge in [0, 0.05) is 6.42 Å². The summed E-state index contributed by atoms with van der Waals surface area (Å²) in [6, 6.07) is 5.18. The predicted octanol–water partition coefficient (Wildman–Crippen LogP) is 1.33. The van der Waals surface area contributed by atoms with Crippen LogP contribution >= 0.6 is 0 Å². The van der Waals surface area contributed by atoms with E-state index >= 15 is 0 Å². The molecule has 0 aliphatic heterocycles. The molecule has 0 aromatic heterocycles. The normalized spacial score (nSPS) is 12.4. The molecule has 1 rings (SSSR count). The summed E-state index contributed by atoms with van der Waals surface area (Å²) in [6.07, 6.45) is -0.610. The Labute approximate surface area is 122 Å². The summed E-state index contributed by atoms with van der Waals surface area (Å²) in [4.78, 5) is 23.3. The number of ether oxygens (including phenoxy) is 1. The van der Waals surface area contributed by atoms with Gasteiger partial charge in [-0.2, -0.15) is 0 Å². The number of nitrogens with one attached hydrogen (secondary N) is 2. The highest BCUT2D eigenvalue weighted by atomic mass is 16.6. The first-order valence-electron chi connectivity index (χ1n) is 6.42. The van der Waals surface area contributed by atoms with Crippen LogP contribution in [0, 0.1) is 0 Å². The van der Waals surface area contributed by atoms with Gasteiger partial charge < -0.3 is 15.2 Å². The Morgan fingerprint density at radius 2 is 1.81 bits per heavy atom. The van der Waals surface area contributed by atoms with E-state index in [1.54, 1.807) is 32.9 Å². The molecule has 0 heterocycles. The average molecular weight is 296 g/mol. The van der Waals surface area contributed by atoms with E-state index in [4.69, 9.17) is 9.94 Å². The summed E-state index contributed by atoms with van der Waals surface area (Å²) in [5.74, 6) is -0.657. The molecule has 1 aromatic rings. The van der Waals surface area contributed by atoms with Gasteiger partial charge in [0.15, 0.2) is 0 Å². The minimum Gasteiger partial charge on any atom is -0.508 e. The van der Waals surface area contributed by atoms with Gasteiger partial charge in [0.05, 0.1) is 0 Å². The van der Waals surface area contributed by atoms with Gasteiger partial charge in [0.1, 0.15) is 17.4 Å². The summed E-state index contributed by atoms with van der Waals surface area (Å²) >= 11 is 0. The van der Waals surface area contributed by atoms with Crippen LogP contribution in [0.3, 0.4) is 0 Å². The maximum absolute atomic E-state index is 11.7. The average Bonchev–Trinajstić information content (AvgIpc) is 2.37. The second kappa shape index (κ2) is 6.94. The molecule has 0 saturated heterocycles. The fourth-order valence-corrected chi connectivity index (χ4v) is 1.60. The van der Waals surface area contributed by atoms with E-state index < -0.39 is 23.6 Å². The zero-order valence-corrected chi connectivity index (χ0v) is 12.2. The molecule has 7 nitrogen and oxygen atoms in total. The Balaban J connectivity index is 2.74. The molecule has 0 fully saturated rings. The van der Waals surface area contributed by atoms with Crippen LogP contribution in [0.2, 0.25) is 0 Å². The van der Waals surface area contributed by atoms with E-state index in [1.165, 1.54) is 17.6 Å². The maximum atomic E-state index is 11.7. The highest BCUT2D eigenvalue weighted by molar-refractivity contribution is 5.85. The minimum atomic E-state index is -0.991. The van der Waals surface area contributed by atoms with Crippen molar-refractivity contribution in [2.24, 2.45) is 0 Å². The number of hydroxylamine groups is 1. The lowest BCUT2D eigenvalue weighted by Crippen LogP contribution is -2.48. The molecule has 0 saturated carbocycles. The number of alkyl carbamates (subject to hydrolysis) is 1. The lowest BCUT2D eigenvalue weighted by atomic mass is 10.1. The SMILES string of the molecule is CC(C)(C)OC(=O)N[C@@H](Cc1ccc(O)cc1)C(=O)NO. The van der Waals surface area contributed by atoms with Crippen molar-refractivity contribution in [3.05, 3.63) is 29.8 Å².